The van der Waals surface area contributed by atoms with Gasteiger partial charge in [0.2, 0.25) is 0 Å². The van der Waals surface area contributed by atoms with Crippen molar-refractivity contribution in [2.75, 3.05) is 7.11 Å². The maximum Gasteiger partial charge on any atom is 0.168 e. The molecule has 0 amide bonds. The van der Waals surface area contributed by atoms with Crippen LogP contribution in [0, 0.1) is 0 Å². The summed E-state index contributed by atoms with van der Waals surface area (Å²) < 4.78 is 5.10. The van der Waals surface area contributed by atoms with Gasteiger partial charge in [-0.15, -0.1) is 0 Å². The fourth-order valence-electron chi connectivity index (χ4n) is 2.29. The van der Waals surface area contributed by atoms with Crippen molar-refractivity contribution < 1.29 is 9.53 Å². The zero-order valence-corrected chi connectivity index (χ0v) is 13.2. The van der Waals surface area contributed by atoms with E-state index < -0.39 is 0 Å². The molecule has 0 N–H and O–H groups in total. The maximum atomic E-state index is 12.3. The lowest BCUT2D eigenvalue weighted by Crippen LogP contribution is -2.06. The van der Waals surface area contributed by atoms with Crippen LogP contribution in [0.4, 0.5) is 0 Å². The smallest absolute Gasteiger partial charge is 0.168 e. The highest BCUT2D eigenvalue weighted by molar-refractivity contribution is 6.09. The van der Waals surface area contributed by atoms with Gasteiger partial charge in [-0.05, 0) is 43.7 Å². The number of ether oxygens (including phenoxy) is 1. The number of nitrogens with zero attached hydrogens (tertiary/aromatic N) is 1. The monoisotopic (exact) mass is 295 g/mol. The van der Waals surface area contributed by atoms with Crippen molar-refractivity contribution in [2.45, 2.75) is 26.3 Å². The number of carbonyl (C=O) groups is 1. The van der Waals surface area contributed by atoms with E-state index in [2.05, 4.69) is 4.99 Å². The molecular weight excluding hydrogens is 274 g/mol. The van der Waals surface area contributed by atoms with Gasteiger partial charge in [0.15, 0.2) is 5.78 Å². The van der Waals surface area contributed by atoms with Crippen LogP contribution in [0.15, 0.2) is 59.6 Å². The van der Waals surface area contributed by atoms with E-state index in [9.17, 15) is 4.79 Å². The van der Waals surface area contributed by atoms with Crippen molar-refractivity contribution in [3.8, 4) is 5.75 Å². The SMILES string of the molecule is COc1ccc(C(=O)CC(C)=N[C@H](C)c2ccccc2)cc1. The number of carbonyl (C=O) groups excluding carboxylic acids is 1. The standard InChI is InChI=1S/C19H21NO2/c1-14(20-15(2)16-7-5-4-6-8-16)13-19(21)17-9-11-18(22-3)12-10-17/h4-12,15H,13H2,1-3H3/t15-/m1/s1. The van der Waals surface area contributed by atoms with E-state index in [-0.39, 0.29) is 11.8 Å². The molecular formula is C19H21NO2. The second-order valence-electron chi connectivity index (χ2n) is 5.28. The molecule has 0 spiro atoms. The van der Waals surface area contributed by atoms with Gasteiger partial charge in [-0.3, -0.25) is 9.79 Å². The molecule has 2 aromatic carbocycles. The number of methoxy groups -OCH3 is 1. The molecule has 0 aliphatic carbocycles. The highest BCUT2D eigenvalue weighted by Gasteiger charge is 2.09. The Morgan fingerprint density at radius 1 is 1.09 bits per heavy atom. The highest BCUT2D eigenvalue weighted by Crippen LogP contribution is 2.17. The molecule has 2 aromatic rings. The van der Waals surface area contributed by atoms with Crippen molar-refractivity contribution in [1.82, 2.24) is 0 Å². The number of ketones is 1. The van der Waals surface area contributed by atoms with Gasteiger partial charge in [0, 0.05) is 17.7 Å². The summed E-state index contributed by atoms with van der Waals surface area (Å²) in [4.78, 5) is 16.9. The van der Waals surface area contributed by atoms with Crippen LogP contribution in [0.25, 0.3) is 0 Å². The predicted molar refractivity (Wildman–Crippen MR) is 89.9 cm³/mol. The Morgan fingerprint density at radius 2 is 1.73 bits per heavy atom. The number of Topliss-reactive ketones (excluding diaryl/α,β-unsaturated/α-hetero) is 1. The van der Waals surface area contributed by atoms with Crippen molar-refractivity contribution in [3.63, 3.8) is 0 Å². The molecule has 0 heterocycles. The van der Waals surface area contributed by atoms with Crippen molar-refractivity contribution in [3.05, 3.63) is 65.7 Å². The molecule has 0 bridgehead atoms. The first kappa shape index (κ1) is 16.0. The molecule has 3 nitrogen and oxygen atoms in total. The second-order valence-corrected chi connectivity index (χ2v) is 5.28. The average Bonchev–Trinajstić information content (AvgIpc) is 2.55. The Labute approximate surface area is 131 Å². The summed E-state index contributed by atoms with van der Waals surface area (Å²) in [6, 6.07) is 17.3. The van der Waals surface area contributed by atoms with Gasteiger partial charge in [0.05, 0.1) is 13.2 Å². The molecule has 0 unspecified atom stereocenters. The molecule has 3 heteroatoms. The molecule has 0 aliphatic rings. The van der Waals surface area contributed by atoms with E-state index in [0.717, 1.165) is 17.0 Å². The summed E-state index contributed by atoms with van der Waals surface area (Å²) in [6.07, 6.45) is 0.337. The fraction of sp³-hybridized carbons (Fsp3) is 0.263. The third-order valence-electron chi connectivity index (χ3n) is 3.52. The summed E-state index contributed by atoms with van der Waals surface area (Å²) in [6.45, 7) is 3.94. The predicted octanol–water partition coefficient (Wildman–Crippen LogP) is 4.49. The number of benzene rings is 2. The quantitative estimate of drug-likeness (QED) is 0.581. The van der Waals surface area contributed by atoms with Crippen LogP contribution in [0.2, 0.25) is 0 Å². The normalized spacial score (nSPS) is 12.8. The highest BCUT2D eigenvalue weighted by atomic mass is 16.5. The van der Waals surface area contributed by atoms with Crippen molar-refractivity contribution in [1.29, 1.82) is 0 Å². The Hall–Kier alpha value is -2.42. The van der Waals surface area contributed by atoms with Crippen LogP contribution < -0.4 is 4.74 Å². The van der Waals surface area contributed by atoms with Gasteiger partial charge in [0.1, 0.15) is 5.75 Å². The van der Waals surface area contributed by atoms with Crippen LogP contribution in [0.3, 0.4) is 0 Å². The number of hydrogen-bond acceptors (Lipinski definition) is 3. The average molecular weight is 295 g/mol. The Bertz CT molecular complexity index is 645. The molecule has 0 saturated carbocycles. The van der Waals surface area contributed by atoms with Gasteiger partial charge in [-0.2, -0.15) is 0 Å². The van der Waals surface area contributed by atoms with Gasteiger partial charge in [0.25, 0.3) is 0 Å². The first-order chi connectivity index (χ1) is 10.6. The molecule has 0 radical (unpaired) electrons. The van der Waals surface area contributed by atoms with Crippen LogP contribution in [-0.2, 0) is 0 Å². The van der Waals surface area contributed by atoms with E-state index in [1.807, 2.05) is 44.2 Å². The second kappa shape index (κ2) is 7.55. The van der Waals surface area contributed by atoms with Gasteiger partial charge in [-0.25, -0.2) is 0 Å². The van der Waals surface area contributed by atoms with Crippen molar-refractivity contribution >= 4 is 11.5 Å². The van der Waals surface area contributed by atoms with Crippen LogP contribution in [0.5, 0.6) is 5.75 Å². The minimum atomic E-state index is 0.0601. The molecule has 114 valence electrons. The summed E-state index contributed by atoms with van der Waals surface area (Å²) >= 11 is 0. The topological polar surface area (TPSA) is 38.7 Å². The Balaban J connectivity index is 2.02. The molecule has 0 fully saturated rings. The third kappa shape index (κ3) is 4.29. The molecule has 0 saturated heterocycles. The largest absolute Gasteiger partial charge is 0.497 e. The number of aliphatic imine (C=N–C) groups is 1. The zero-order valence-electron chi connectivity index (χ0n) is 13.2. The molecule has 2 rings (SSSR count). The Morgan fingerprint density at radius 3 is 2.32 bits per heavy atom. The lowest BCUT2D eigenvalue weighted by Gasteiger charge is -2.09. The fourth-order valence-corrected chi connectivity index (χ4v) is 2.29. The van der Waals surface area contributed by atoms with Gasteiger partial charge >= 0.3 is 0 Å². The molecule has 22 heavy (non-hydrogen) atoms. The summed E-state index contributed by atoms with van der Waals surface area (Å²) in [5.41, 5.74) is 2.68. The lowest BCUT2D eigenvalue weighted by molar-refractivity contribution is 0.100. The zero-order chi connectivity index (χ0) is 15.9. The lowest BCUT2D eigenvalue weighted by atomic mass is 10.1. The number of rotatable bonds is 6. The third-order valence-corrected chi connectivity index (χ3v) is 3.52. The summed E-state index contributed by atoms with van der Waals surface area (Å²) in [5, 5.41) is 0. The maximum absolute atomic E-state index is 12.3. The van der Waals surface area contributed by atoms with E-state index in [1.54, 1.807) is 31.4 Å². The summed E-state index contributed by atoms with van der Waals surface area (Å²) in [5.74, 6) is 0.823. The molecule has 0 aromatic heterocycles. The Kier molecular flexibility index (Phi) is 5.48. The van der Waals surface area contributed by atoms with Crippen LogP contribution in [0.1, 0.15) is 42.2 Å². The summed E-state index contributed by atoms with van der Waals surface area (Å²) in [7, 11) is 1.61. The first-order valence-electron chi connectivity index (χ1n) is 7.35. The van der Waals surface area contributed by atoms with Crippen LogP contribution in [-0.4, -0.2) is 18.6 Å². The number of hydrogen-bond donors (Lipinski definition) is 0. The minimum absolute atomic E-state index is 0.0601. The van der Waals surface area contributed by atoms with E-state index in [4.69, 9.17) is 4.74 Å². The van der Waals surface area contributed by atoms with E-state index in [1.165, 1.54) is 0 Å². The molecule has 0 aliphatic heterocycles. The van der Waals surface area contributed by atoms with Crippen LogP contribution >= 0.6 is 0 Å². The van der Waals surface area contributed by atoms with E-state index >= 15 is 0 Å². The minimum Gasteiger partial charge on any atom is -0.497 e. The van der Waals surface area contributed by atoms with Crippen molar-refractivity contribution in [2.24, 2.45) is 4.99 Å². The van der Waals surface area contributed by atoms with Gasteiger partial charge < -0.3 is 4.74 Å². The van der Waals surface area contributed by atoms with E-state index in [0.29, 0.717) is 12.0 Å². The van der Waals surface area contributed by atoms with Gasteiger partial charge in [-0.1, -0.05) is 30.3 Å². The first-order valence-corrected chi connectivity index (χ1v) is 7.35. The molecule has 1 atom stereocenters.